The second-order valence-electron chi connectivity index (χ2n) is 5.92. The van der Waals surface area contributed by atoms with Gasteiger partial charge in [-0.25, -0.2) is 0 Å². The minimum atomic E-state index is -0.121. The Morgan fingerprint density at radius 1 is 1.53 bits per heavy atom. The Labute approximate surface area is 91.8 Å². The largest absolute Gasteiger partial charge is 0.369 e. The highest BCUT2D eigenvalue weighted by atomic mass is 16.1. The van der Waals surface area contributed by atoms with Crippen molar-refractivity contribution in [1.29, 1.82) is 0 Å². The number of hydrogen-bond acceptors (Lipinski definition) is 2. The van der Waals surface area contributed by atoms with E-state index in [9.17, 15) is 4.79 Å². The zero-order valence-corrected chi connectivity index (χ0v) is 9.97. The van der Waals surface area contributed by atoms with Crippen LogP contribution in [-0.4, -0.2) is 19.0 Å². The van der Waals surface area contributed by atoms with Gasteiger partial charge in [0.2, 0.25) is 5.91 Å². The first kappa shape index (κ1) is 10.9. The predicted octanol–water partition coefficient (Wildman–Crippen LogP) is 1.13. The monoisotopic (exact) mass is 210 g/mol. The van der Waals surface area contributed by atoms with Crippen LogP contribution in [0.25, 0.3) is 0 Å². The number of amides is 1. The van der Waals surface area contributed by atoms with Crippen molar-refractivity contribution in [2.45, 2.75) is 33.6 Å². The maximum Gasteiger partial charge on any atom is 0.222 e. The summed E-state index contributed by atoms with van der Waals surface area (Å²) in [5, 5.41) is 3.35. The summed E-state index contributed by atoms with van der Waals surface area (Å²) in [6.07, 6.45) is 2.30. The van der Waals surface area contributed by atoms with E-state index >= 15 is 0 Å². The number of nitrogens with one attached hydrogen (secondary N) is 1. The summed E-state index contributed by atoms with van der Waals surface area (Å²) in [6.45, 7) is 8.52. The highest BCUT2D eigenvalue weighted by Crippen LogP contribution is 2.64. The second kappa shape index (κ2) is 3.21. The highest BCUT2D eigenvalue weighted by molar-refractivity contribution is 5.78. The van der Waals surface area contributed by atoms with Crippen LogP contribution in [-0.2, 0) is 4.79 Å². The molecule has 3 heteroatoms. The minimum absolute atomic E-state index is 0.0364. The van der Waals surface area contributed by atoms with Crippen LogP contribution in [0.2, 0.25) is 0 Å². The molecule has 3 atom stereocenters. The molecule has 0 aromatic carbocycles. The Hall–Kier alpha value is -0.570. The Kier molecular flexibility index (Phi) is 2.34. The van der Waals surface area contributed by atoms with E-state index in [4.69, 9.17) is 5.73 Å². The van der Waals surface area contributed by atoms with Gasteiger partial charge < -0.3 is 11.1 Å². The normalized spacial score (nSPS) is 42.9. The first-order valence-corrected chi connectivity index (χ1v) is 5.94. The van der Waals surface area contributed by atoms with Gasteiger partial charge in [0.15, 0.2) is 0 Å². The van der Waals surface area contributed by atoms with Crippen molar-refractivity contribution < 1.29 is 4.79 Å². The summed E-state index contributed by atoms with van der Waals surface area (Å²) < 4.78 is 0. The molecule has 3 N–H and O–H groups in total. The quantitative estimate of drug-likeness (QED) is 0.734. The van der Waals surface area contributed by atoms with E-state index in [1.54, 1.807) is 0 Å². The maximum atomic E-state index is 11.5. The van der Waals surface area contributed by atoms with Gasteiger partial charge in [0.25, 0.3) is 0 Å². The van der Waals surface area contributed by atoms with E-state index in [1.165, 1.54) is 6.42 Å². The first-order chi connectivity index (χ1) is 6.94. The van der Waals surface area contributed by atoms with E-state index in [-0.39, 0.29) is 17.2 Å². The fraction of sp³-hybridized carbons (Fsp3) is 0.917. The molecule has 2 aliphatic rings. The fourth-order valence-corrected chi connectivity index (χ4v) is 3.59. The summed E-state index contributed by atoms with van der Waals surface area (Å²) in [5.41, 5.74) is 6.07. The lowest BCUT2D eigenvalue weighted by atomic mass is 9.69. The van der Waals surface area contributed by atoms with Crippen LogP contribution in [0.3, 0.4) is 0 Å². The molecule has 3 nitrogen and oxygen atoms in total. The molecule has 1 aliphatic carbocycles. The summed E-state index contributed by atoms with van der Waals surface area (Å²) >= 11 is 0. The van der Waals surface area contributed by atoms with Crippen molar-refractivity contribution in [2.24, 2.45) is 28.4 Å². The molecular formula is C12H22N2O. The standard InChI is InChI=1S/C12H22N2O/c1-4-12(9-5-11(9,2)3)7-14-6-8(12)10(13)15/h8-9,14H,4-7H2,1-3H3,(H2,13,15). The second-order valence-corrected chi connectivity index (χ2v) is 5.92. The van der Waals surface area contributed by atoms with E-state index < -0.39 is 0 Å². The molecule has 2 fully saturated rings. The third-order valence-electron chi connectivity index (χ3n) is 4.71. The van der Waals surface area contributed by atoms with E-state index in [1.807, 2.05) is 0 Å². The molecule has 0 radical (unpaired) electrons. The Morgan fingerprint density at radius 2 is 2.13 bits per heavy atom. The van der Waals surface area contributed by atoms with Crippen LogP contribution in [0.1, 0.15) is 33.6 Å². The van der Waals surface area contributed by atoms with E-state index in [2.05, 4.69) is 26.1 Å². The Balaban J connectivity index is 2.25. The van der Waals surface area contributed by atoms with Gasteiger partial charge >= 0.3 is 0 Å². The maximum absolute atomic E-state index is 11.5. The average Bonchev–Trinajstić information content (AvgIpc) is 2.66. The van der Waals surface area contributed by atoms with Crippen molar-refractivity contribution in [1.82, 2.24) is 5.32 Å². The first-order valence-electron chi connectivity index (χ1n) is 5.94. The third-order valence-corrected chi connectivity index (χ3v) is 4.71. The van der Waals surface area contributed by atoms with Gasteiger partial charge in [-0.15, -0.1) is 0 Å². The van der Waals surface area contributed by atoms with Crippen LogP contribution in [0.4, 0.5) is 0 Å². The molecule has 1 aliphatic heterocycles. The lowest BCUT2D eigenvalue weighted by molar-refractivity contribution is -0.125. The smallest absolute Gasteiger partial charge is 0.222 e. The molecule has 1 heterocycles. The van der Waals surface area contributed by atoms with Crippen LogP contribution >= 0.6 is 0 Å². The molecule has 2 rings (SSSR count). The number of rotatable bonds is 3. The van der Waals surface area contributed by atoms with Crippen molar-refractivity contribution >= 4 is 5.91 Å². The van der Waals surface area contributed by atoms with Crippen LogP contribution < -0.4 is 11.1 Å². The number of primary amides is 1. The molecule has 0 aromatic rings. The number of carbonyl (C=O) groups is 1. The van der Waals surface area contributed by atoms with Gasteiger partial charge in [-0.1, -0.05) is 20.8 Å². The third kappa shape index (κ3) is 1.48. The molecule has 15 heavy (non-hydrogen) atoms. The summed E-state index contributed by atoms with van der Waals surface area (Å²) in [7, 11) is 0. The number of carbonyl (C=O) groups excluding carboxylic acids is 1. The molecule has 86 valence electrons. The molecular weight excluding hydrogens is 188 g/mol. The van der Waals surface area contributed by atoms with Gasteiger partial charge in [-0.3, -0.25) is 4.79 Å². The molecule has 3 unspecified atom stereocenters. The lowest BCUT2D eigenvalue weighted by Crippen LogP contribution is -2.40. The molecule has 1 saturated heterocycles. The summed E-state index contributed by atoms with van der Waals surface area (Å²) in [5.74, 6) is 0.585. The van der Waals surface area contributed by atoms with Crippen LogP contribution in [0, 0.1) is 22.7 Å². The zero-order chi connectivity index (χ0) is 11.3. The molecule has 0 aromatic heterocycles. The Bertz CT molecular complexity index is 287. The minimum Gasteiger partial charge on any atom is -0.369 e. The van der Waals surface area contributed by atoms with Gasteiger partial charge in [0.05, 0.1) is 5.92 Å². The van der Waals surface area contributed by atoms with Gasteiger partial charge in [-0.05, 0) is 29.6 Å². The summed E-state index contributed by atoms with van der Waals surface area (Å²) in [6, 6.07) is 0. The number of hydrogen-bond donors (Lipinski definition) is 2. The van der Waals surface area contributed by atoms with Crippen LogP contribution in [0.15, 0.2) is 0 Å². The van der Waals surface area contributed by atoms with Crippen molar-refractivity contribution in [3.8, 4) is 0 Å². The van der Waals surface area contributed by atoms with Gasteiger partial charge in [-0.2, -0.15) is 0 Å². The fourth-order valence-electron chi connectivity index (χ4n) is 3.59. The molecule has 0 bridgehead atoms. The van der Waals surface area contributed by atoms with Crippen molar-refractivity contribution in [2.75, 3.05) is 13.1 Å². The summed E-state index contributed by atoms with van der Waals surface area (Å²) in [4.78, 5) is 11.5. The van der Waals surface area contributed by atoms with Crippen molar-refractivity contribution in [3.05, 3.63) is 0 Å². The van der Waals surface area contributed by atoms with Gasteiger partial charge in [0.1, 0.15) is 0 Å². The highest BCUT2D eigenvalue weighted by Gasteiger charge is 2.62. The predicted molar refractivity (Wildman–Crippen MR) is 60.2 cm³/mol. The van der Waals surface area contributed by atoms with E-state index in [0.717, 1.165) is 19.5 Å². The van der Waals surface area contributed by atoms with Crippen molar-refractivity contribution in [3.63, 3.8) is 0 Å². The van der Waals surface area contributed by atoms with E-state index in [0.29, 0.717) is 11.3 Å². The number of nitrogens with two attached hydrogens (primary N) is 1. The molecule has 0 spiro atoms. The Morgan fingerprint density at radius 3 is 2.53 bits per heavy atom. The average molecular weight is 210 g/mol. The zero-order valence-electron chi connectivity index (χ0n) is 9.97. The lowest BCUT2D eigenvalue weighted by Gasteiger charge is -2.34. The molecule has 1 amide bonds. The topological polar surface area (TPSA) is 55.1 Å². The molecule has 1 saturated carbocycles. The van der Waals surface area contributed by atoms with Crippen LogP contribution in [0.5, 0.6) is 0 Å². The SMILES string of the molecule is CCC1(C2CC2(C)C)CNCC1C(N)=O. The van der Waals surface area contributed by atoms with Gasteiger partial charge in [0, 0.05) is 13.1 Å².